The van der Waals surface area contributed by atoms with Gasteiger partial charge in [-0.1, -0.05) is 36.5 Å². The molecule has 0 aromatic rings. The molecule has 0 saturated heterocycles. The van der Waals surface area contributed by atoms with Crippen LogP contribution in [0.5, 0.6) is 0 Å². The summed E-state index contributed by atoms with van der Waals surface area (Å²) in [5.74, 6) is 0. The van der Waals surface area contributed by atoms with Crippen molar-refractivity contribution in [3.8, 4) is 0 Å². The Morgan fingerprint density at radius 3 is 2.00 bits per heavy atom. The summed E-state index contributed by atoms with van der Waals surface area (Å²) in [6.45, 7) is 5.29. The highest BCUT2D eigenvalue weighted by atomic mass is 14.6. The third-order valence-corrected chi connectivity index (χ3v) is 0.939. The van der Waals surface area contributed by atoms with Crippen molar-refractivity contribution in [2.45, 2.75) is 6.92 Å². The number of allylic oxidation sites excluding steroid dienone is 7. The van der Waals surface area contributed by atoms with Crippen LogP contribution in [-0.2, 0) is 0 Å². The minimum atomic E-state index is 1.64. The summed E-state index contributed by atoms with van der Waals surface area (Å²) in [6.07, 6.45) is 15.2. The summed E-state index contributed by atoms with van der Waals surface area (Å²) in [7, 11) is 0. The number of aliphatic imine (C=N–C) groups is 1. The number of nitrogens with zero attached hydrogens (tertiary/aromatic N) is 1. The maximum absolute atomic E-state index is 3.55. The van der Waals surface area contributed by atoms with Crippen LogP contribution in [0.3, 0.4) is 0 Å². The van der Waals surface area contributed by atoms with Gasteiger partial charge in [0.15, 0.2) is 0 Å². The molecule has 0 amide bonds. The molecule has 0 radical (unpaired) electrons. The first-order valence-corrected chi connectivity index (χ1v) is 3.49. The molecule has 0 fully saturated rings. The van der Waals surface area contributed by atoms with Crippen LogP contribution in [0, 0.1) is 0 Å². The predicted molar refractivity (Wildman–Crippen MR) is 51.8 cm³/mol. The molecule has 0 N–H and O–H groups in total. The van der Waals surface area contributed by atoms with Crippen molar-refractivity contribution >= 4 is 6.72 Å². The minimum Gasteiger partial charge on any atom is -0.273 e. The molecule has 1 nitrogen and oxygen atoms in total. The highest BCUT2D eigenvalue weighted by Crippen LogP contribution is 1.81. The maximum Gasteiger partial charge on any atom is 0.0260 e. The van der Waals surface area contributed by atoms with Crippen LogP contribution < -0.4 is 0 Å². The van der Waals surface area contributed by atoms with Gasteiger partial charge in [0.2, 0.25) is 0 Å². The Morgan fingerprint density at radius 2 is 1.45 bits per heavy atom. The molecule has 0 saturated carbocycles. The van der Waals surface area contributed by atoms with Crippen molar-refractivity contribution < 1.29 is 0 Å². The Labute approximate surface area is 68.2 Å². The fourth-order valence-electron chi connectivity index (χ4n) is 0.478. The lowest BCUT2D eigenvalue weighted by Crippen LogP contribution is -1.50. The molecule has 0 aromatic carbocycles. The second-order valence-electron chi connectivity index (χ2n) is 1.82. The van der Waals surface area contributed by atoms with E-state index in [1.165, 1.54) is 0 Å². The first-order valence-electron chi connectivity index (χ1n) is 3.49. The van der Waals surface area contributed by atoms with Gasteiger partial charge in [-0.05, 0) is 19.7 Å². The standard InChI is InChI=1S/C10H13N/c1-3-4-5-6-7-8-9-10-11-2/h3-10H,2H2,1H3/b4-3+,6-5-,8-7-,10-9+. The number of rotatable bonds is 4. The largest absolute Gasteiger partial charge is 0.273 e. The predicted octanol–water partition coefficient (Wildman–Crippen LogP) is 2.89. The molecule has 11 heavy (non-hydrogen) atoms. The fraction of sp³-hybridized carbons (Fsp3) is 0.100. The van der Waals surface area contributed by atoms with E-state index in [1.54, 1.807) is 6.20 Å². The molecule has 0 atom stereocenters. The average molecular weight is 147 g/mol. The molecule has 0 aliphatic rings. The van der Waals surface area contributed by atoms with Crippen LogP contribution in [0.4, 0.5) is 0 Å². The molecular formula is C10H13N. The van der Waals surface area contributed by atoms with E-state index in [2.05, 4.69) is 11.7 Å². The molecule has 1 heteroatoms. The van der Waals surface area contributed by atoms with E-state index in [4.69, 9.17) is 0 Å². The van der Waals surface area contributed by atoms with Crippen LogP contribution in [0.1, 0.15) is 6.92 Å². The lowest BCUT2D eigenvalue weighted by Gasteiger charge is -1.71. The Morgan fingerprint density at radius 1 is 0.909 bits per heavy atom. The van der Waals surface area contributed by atoms with Crippen molar-refractivity contribution in [2.75, 3.05) is 0 Å². The molecule has 0 heterocycles. The zero-order chi connectivity index (χ0) is 8.36. The maximum atomic E-state index is 3.55. The highest BCUT2D eigenvalue weighted by Gasteiger charge is 1.60. The van der Waals surface area contributed by atoms with Crippen LogP contribution in [-0.4, -0.2) is 6.72 Å². The Hall–Kier alpha value is -1.37. The summed E-state index contributed by atoms with van der Waals surface area (Å²) in [5, 5.41) is 0. The van der Waals surface area contributed by atoms with Gasteiger partial charge in [-0.2, -0.15) is 0 Å². The Kier molecular flexibility index (Phi) is 7.56. The molecule has 0 aromatic heterocycles. The molecule has 0 rings (SSSR count). The normalized spacial score (nSPS) is 12.8. The number of hydrogen-bond acceptors (Lipinski definition) is 1. The van der Waals surface area contributed by atoms with E-state index in [0.29, 0.717) is 0 Å². The zero-order valence-electron chi connectivity index (χ0n) is 6.77. The quantitative estimate of drug-likeness (QED) is 0.428. The third-order valence-electron chi connectivity index (χ3n) is 0.939. The molecule has 0 aliphatic carbocycles. The van der Waals surface area contributed by atoms with Crippen LogP contribution in [0.2, 0.25) is 0 Å². The van der Waals surface area contributed by atoms with Crippen molar-refractivity contribution in [3.05, 3.63) is 48.7 Å². The molecule has 0 spiro atoms. The third kappa shape index (κ3) is 8.63. The van der Waals surface area contributed by atoms with Gasteiger partial charge in [0.25, 0.3) is 0 Å². The van der Waals surface area contributed by atoms with Crippen LogP contribution in [0.25, 0.3) is 0 Å². The first kappa shape index (κ1) is 9.63. The van der Waals surface area contributed by atoms with Crippen molar-refractivity contribution in [1.82, 2.24) is 0 Å². The van der Waals surface area contributed by atoms with E-state index < -0.39 is 0 Å². The van der Waals surface area contributed by atoms with Crippen LogP contribution >= 0.6 is 0 Å². The van der Waals surface area contributed by atoms with Gasteiger partial charge in [-0.3, -0.25) is 4.99 Å². The molecule has 0 unspecified atom stereocenters. The van der Waals surface area contributed by atoms with Crippen molar-refractivity contribution in [1.29, 1.82) is 0 Å². The summed E-state index contributed by atoms with van der Waals surface area (Å²) in [4.78, 5) is 3.55. The topological polar surface area (TPSA) is 12.4 Å². The first-order chi connectivity index (χ1) is 5.41. The van der Waals surface area contributed by atoms with Gasteiger partial charge in [0, 0.05) is 6.20 Å². The second-order valence-corrected chi connectivity index (χ2v) is 1.82. The smallest absolute Gasteiger partial charge is 0.0260 e. The van der Waals surface area contributed by atoms with Gasteiger partial charge in [0.1, 0.15) is 0 Å². The fourth-order valence-corrected chi connectivity index (χ4v) is 0.478. The van der Waals surface area contributed by atoms with E-state index in [-0.39, 0.29) is 0 Å². The highest BCUT2D eigenvalue weighted by molar-refractivity contribution is 5.26. The zero-order valence-corrected chi connectivity index (χ0v) is 6.77. The lowest BCUT2D eigenvalue weighted by atomic mass is 10.4. The van der Waals surface area contributed by atoms with Crippen molar-refractivity contribution in [2.24, 2.45) is 4.99 Å². The number of hydrogen-bond donors (Lipinski definition) is 0. The second kappa shape index (κ2) is 8.63. The van der Waals surface area contributed by atoms with Crippen molar-refractivity contribution in [3.63, 3.8) is 0 Å². The van der Waals surface area contributed by atoms with Gasteiger partial charge in [-0.25, -0.2) is 0 Å². The summed E-state index contributed by atoms with van der Waals surface area (Å²) in [5.41, 5.74) is 0. The molecule has 0 bridgehead atoms. The van der Waals surface area contributed by atoms with Gasteiger partial charge in [-0.15, -0.1) is 0 Å². The van der Waals surface area contributed by atoms with E-state index in [9.17, 15) is 0 Å². The Balaban J connectivity index is 3.59. The summed E-state index contributed by atoms with van der Waals surface area (Å²) >= 11 is 0. The van der Waals surface area contributed by atoms with E-state index in [1.807, 2.05) is 49.5 Å². The molecular weight excluding hydrogens is 134 g/mol. The van der Waals surface area contributed by atoms with Gasteiger partial charge < -0.3 is 0 Å². The van der Waals surface area contributed by atoms with Gasteiger partial charge >= 0.3 is 0 Å². The minimum absolute atomic E-state index is 1.64. The average Bonchev–Trinajstić information content (AvgIpc) is 2.03. The SMILES string of the molecule is C=N/C=C/C=C\C=C/C=C/C. The monoisotopic (exact) mass is 147 g/mol. The van der Waals surface area contributed by atoms with E-state index in [0.717, 1.165) is 0 Å². The Bertz CT molecular complexity index is 195. The summed E-state index contributed by atoms with van der Waals surface area (Å²) in [6, 6.07) is 0. The van der Waals surface area contributed by atoms with E-state index >= 15 is 0 Å². The molecule has 0 aliphatic heterocycles. The summed E-state index contributed by atoms with van der Waals surface area (Å²) < 4.78 is 0. The molecule has 58 valence electrons. The van der Waals surface area contributed by atoms with Crippen LogP contribution in [0.15, 0.2) is 53.7 Å². The van der Waals surface area contributed by atoms with Gasteiger partial charge in [0.05, 0.1) is 0 Å². The lowest BCUT2D eigenvalue weighted by molar-refractivity contribution is 1.61.